The highest BCUT2D eigenvalue weighted by Crippen LogP contribution is 2.21. The van der Waals surface area contributed by atoms with Crippen LogP contribution in [0, 0.1) is 0 Å². The molecule has 96 valence electrons. The minimum atomic E-state index is 0.289. The molecule has 0 radical (unpaired) electrons. The van der Waals surface area contributed by atoms with E-state index in [1.165, 1.54) is 10.4 Å². The van der Waals surface area contributed by atoms with E-state index in [9.17, 15) is 0 Å². The summed E-state index contributed by atoms with van der Waals surface area (Å²) in [4.78, 5) is 1.19. The molecule has 1 aromatic heterocycles. The van der Waals surface area contributed by atoms with E-state index in [0.717, 1.165) is 18.0 Å². The third-order valence-corrected chi connectivity index (χ3v) is 3.90. The van der Waals surface area contributed by atoms with Gasteiger partial charge in [-0.05, 0) is 36.1 Å². The van der Waals surface area contributed by atoms with Gasteiger partial charge < -0.3 is 15.8 Å². The predicted molar refractivity (Wildman–Crippen MR) is 77.0 cm³/mol. The van der Waals surface area contributed by atoms with Crippen molar-refractivity contribution in [3.05, 3.63) is 46.2 Å². The van der Waals surface area contributed by atoms with Gasteiger partial charge in [-0.1, -0.05) is 12.1 Å². The van der Waals surface area contributed by atoms with Crippen LogP contribution in [0.1, 0.15) is 23.4 Å². The molecule has 0 saturated carbocycles. The fourth-order valence-corrected chi connectivity index (χ4v) is 2.50. The number of nitrogen functional groups attached to an aromatic ring is 1. The molecule has 3 nitrogen and oxygen atoms in total. The quantitative estimate of drug-likeness (QED) is 0.870. The van der Waals surface area contributed by atoms with E-state index in [0.29, 0.717) is 0 Å². The Morgan fingerprint density at radius 3 is 2.56 bits per heavy atom. The Labute approximate surface area is 112 Å². The number of thiophene rings is 1. The molecular weight excluding hydrogens is 244 g/mol. The van der Waals surface area contributed by atoms with Gasteiger partial charge in [-0.25, -0.2) is 0 Å². The van der Waals surface area contributed by atoms with E-state index in [-0.39, 0.29) is 6.04 Å². The van der Waals surface area contributed by atoms with Crippen molar-refractivity contribution in [2.45, 2.75) is 19.5 Å². The average molecular weight is 262 g/mol. The van der Waals surface area contributed by atoms with Gasteiger partial charge in [0.05, 0.1) is 7.11 Å². The van der Waals surface area contributed by atoms with Gasteiger partial charge in [-0.2, -0.15) is 0 Å². The third-order valence-electron chi connectivity index (χ3n) is 2.96. The Morgan fingerprint density at radius 2 is 2.00 bits per heavy atom. The van der Waals surface area contributed by atoms with Crippen molar-refractivity contribution in [2.75, 3.05) is 12.8 Å². The summed E-state index contributed by atoms with van der Waals surface area (Å²) in [5.74, 6) is 0.883. The Morgan fingerprint density at radius 1 is 1.28 bits per heavy atom. The standard InChI is InChI=1S/C14H18N2OS/c1-10(11-3-5-12(17-2)6-4-11)16-9-14-13(15)7-8-18-14/h3-8,10,16H,9,15H2,1-2H3. The number of nitrogens with one attached hydrogen (secondary N) is 1. The number of hydrogen-bond donors (Lipinski definition) is 2. The van der Waals surface area contributed by atoms with Crippen LogP contribution in [-0.2, 0) is 6.54 Å². The van der Waals surface area contributed by atoms with E-state index >= 15 is 0 Å². The Balaban J connectivity index is 1.94. The Bertz CT molecular complexity index is 493. The summed E-state index contributed by atoms with van der Waals surface area (Å²) in [6.07, 6.45) is 0. The second-order valence-electron chi connectivity index (χ2n) is 4.17. The third kappa shape index (κ3) is 3.03. The second-order valence-corrected chi connectivity index (χ2v) is 5.18. The molecule has 0 fully saturated rings. The van der Waals surface area contributed by atoms with Gasteiger partial charge in [0.25, 0.3) is 0 Å². The molecule has 2 rings (SSSR count). The van der Waals surface area contributed by atoms with Crippen molar-refractivity contribution >= 4 is 17.0 Å². The van der Waals surface area contributed by atoms with Gasteiger partial charge in [-0.15, -0.1) is 11.3 Å². The monoisotopic (exact) mass is 262 g/mol. The van der Waals surface area contributed by atoms with Crippen molar-refractivity contribution in [3.8, 4) is 5.75 Å². The van der Waals surface area contributed by atoms with Crippen LogP contribution in [0.4, 0.5) is 5.69 Å². The first kappa shape index (κ1) is 12.9. The summed E-state index contributed by atoms with van der Waals surface area (Å²) in [7, 11) is 1.68. The molecule has 4 heteroatoms. The molecule has 0 aliphatic heterocycles. The second kappa shape index (κ2) is 5.89. The molecule has 0 bridgehead atoms. The first-order valence-corrected chi connectivity index (χ1v) is 6.78. The van der Waals surface area contributed by atoms with E-state index in [1.807, 2.05) is 23.6 Å². The lowest BCUT2D eigenvalue weighted by atomic mass is 10.1. The zero-order chi connectivity index (χ0) is 13.0. The van der Waals surface area contributed by atoms with Crippen LogP contribution in [0.5, 0.6) is 5.75 Å². The highest BCUT2D eigenvalue weighted by Gasteiger charge is 2.07. The summed E-state index contributed by atoms with van der Waals surface area (Å²) in [5.41, 5.74) is 7.97. The van der Waals surface area contributed by atoms with Gasteiger partial charge in [-0.3, -0.25) is 0 Å². The summed E-state index contributed by atoms with van der Waals surface area (Å²) >= 11 is 1.69. The molecule has 0 spiro atoms. The maximum Gasteiger partial charge on any atom is 0.118 e. The first-order valence-electron chi connectivity index (χ1n) is 5.90. The molecule has 1 aromatic carbocycles. The lowest BCUT2D eigenvalue weighted by Crippen LogP contribution is -2.17. The molecule has 0 saturated heterocycles. The fourth-order valence-electron chi connectivity index (χ4n) is 1.75. The fraction of sp³-hybridized carbons (Fsp3) is 0.286. The van der Waals surface area contributed by atoms with Crippen LogP contribution in [0.3, 0.4) is 0 Å². The summed E-state index contributed by atoms with van der Waals surface area (Å²) in [6, 6.07) is 10.3. The molecule has 0 aliphatic carbocycles. The van der Waals surface area contributed by atoms with Crippen LogP contribution in [-0.4, -0.2) is 7.11 Å². The molecule has 1 atom stereocenters. The highest BCUT2D eigenvalue weighted by molar-refractivity contribution is 7.10. The minimum Gasteiger partial charge on any atom is -0.497 e. The van der Waals surface area contributed by atoms with Crippen LogP contribution in [0.25, 0.3) is 0 Å². The van der Waals surface area contributed by atoms with Gasteiger partial charge in [0.15, 0.2) is 0 Å². The molecule has 1 unspecified atom stereocenters. The first-order chi connectivity index (χ1) is 8.70. The van der Waals surface area contributed by atoms with Crippen LogP contribution < -0.4 is 15.8 Å². The number of methoxy groups -OCH3 is 1. The van der Waals surface area contributed by atoms with Crippen LogP contribution >= 0.6 is 11.3 Å². The number of rotatable bonds is 5. The zero-order valence-electron chi connectivity index (χ0n) is 10.6. The maximum atomic E-state index is 5.86. The smallest absolute Gasteiger partial charge is 0.118 e. The Kier molecular flexibility index (Phi) is 4.23. The van der Waals surface area contributed by atoms with Crippen molar-refractivity contribution < 1.29 is 4.74 Å². The van der Waals surface area contributed by atoms with Gasteiger partial charge in [0.2, 0.25) is 0 Å². The number of benzene rings is 1. The SMILES string of the molecule is COc1ccc(C(C)NCc2sccc2N)cc1. The van der Waals surface area contributed by atoms with Crippen LogP contribution in [0.15, 0.2) is 35.7 Å². The number of hydrogen-bond acceptors (Lipinski definition) is 4. The lowest BCUT2D eigenvalue weighted by Gasteiger charge is -2.14. The van der Waals surface area contributed by atoms with Gasteiger partial charge >= 0.3 is 0 Å². The van der Waals surface area contributed by atoms with E-state index < -0.39 is 0 Å². The summed E-state index contributed by atoms with van der Waals surface area (Å²) in [6.45, 7) is 2.95. The number of anilines is 1. The van der Waals surface area contributed by atoms with Crippen molar-refractivity contribution in [1.82, 2.24) is 5.32 Å². The van der Waals surface area contributed by atoms with Crippen molar-refractivity contribution in [2.24, 2.45) is 0 Å². The Hall–Kier alpha value is -1.52. The number of ether oxygens (including phenoxy) is 1. The molecule has 18 heavy (non-hydrogen) atoms. The van der Waals surface area contributed by atoms with Crippen LogP contribution in [0.2, 0.25) is 0 Å². The maximum absolute atomic E-state index is 5.86. The molecule has 0 aliphatic rings. The molecular formula is C14H18N2OS. The molecule has 1 heterocycles. The summed E-state index contributed by atoms with van der Waals surface area (Å²) in [5, 5.41) is 5.49. The molecule has 0 amide bonds. The van der Waals surface area contributed by atoms with Gasteiger partial charge in [0.1, 0.15) is 5.75 Å². The molecule has 3 N–H and O–H groups in total. The van der Waals surface area contributed by atoms with E-state index in [2.05, 4.69) is 24.4 Å². The topological polar surface area (TPSA) is 47.3 Å². The largest absolute Gasteiger partial charge is 0.497 e. The number of nitrogens with two attached hydrogens (primary N) is 1. The molecule has 2 aromatic rings. The lowest BCUT2D eigenvalue weighted by molar-refractivity contribution is 0.414. The minimum absolute atomic E-state index is 0.289. The van der Waals surface area contributed by atoms with E-state index in [1.54, 1.807) is 18.4 Å². The van der Waals surface area contributed by atoms with Gasteiger partial charge in [0, 0.05) is 23.2 Å². The highest BCUT2D eigenvalue weighted by atomic mass is 32.1. The van der Waals surface area contributed by atoms with Crippen molar-refractivity contribution in [1.29, 1.82) is 0 Å². The normalized spacial score (nSPS) is 12.3. The predicted octanol–water partition coefficient (Wildman–Crippen LogP) is 3.19. The summed E-state index contributed by atoms with van der Waals surface area (Å²) < 4.78 is 5.15. The van der Waals surface area contributed by atoms with Crippen molar-refractivity contribution in [3.63, 3.8) is 0 Å². The zero-order valence-corrected chi connectivity index (χ0v) is 11.5. The average Bonchev–Trinajstić information content (AvgIpc) is 2.81. The van der Waals surface area contributed by atoms with E-state index in [4.69, 9.17) is 10.5 Å².